The summed E-state index contributed by atoms with van der Waals surface area (Å²) in [7, 11) is 0. The number of aromatic amines is 1. The molecule has 3 rings (SSSR count). The normalized spacial score (nSPS) is 10.8. The standard InChI is InChI=1S/C9H8N6S/c1(6-2-15-16-3-6)10-8-7-9(12-4-11-7)14-5-13-8/h2-5H,1H2,(H2,10,11,12,13,14). The van der Waals surface area contributed by atoms with Gasteiger partial charge >= 0.3 is 0 Å². The van der Waals surface area contributed by atoms with Crippen LogP contribution in [0.5, 0.6) is 0 Å². The first kappa shape index (κ1) is 9.22. The zero-order valence-electron chi connectivity index (χ0n) is 8.21. The molecule has 0 unspecified atom stereocenters. The van der Waals surface area contributed by atoms with Crippen LogP contribution in [0.25, 0.3) is 11.2 Å². The second-order valence-corrected chi connectivity index (χ2v) is 3.87. The maximum atomic E-state index is 4.17. The van der Waals surface area contributed by atoms with E-state index in [1.54, 1.807) is 6.33 Å². The Labute approximate surface area is 95.0 Å². The molecule has 3 heterocycles. The molecule has 0 saturated carbocycles. The lowest BCUT2D eigenvalue weighted by Crippen LogP contribution is -2.01. The predicted octanol–water partition coefficient (Wildman–Crippen LogP) is 1.42. The molecule has 0 fully saturated rings. The third-order valence-electron chi connectivity index (χ3n) is 2.17. The minimum absolute atomic E-state index is 0.668. The highest BCUT2D eigenvalue weighted by atomic mass is 32.1. The number of H-pyrrole nitrogens is 1. The Balaban J connectivity index is 1.86. The second-order valence-electron chi connectivity index (χ2n) is 3.21. The van der Waals surface area contributed by atoms with Gasteiger partial charge in [0.05, 0.1) is 6.33 Å². The van der Waals surface area contributed by atoms with Crippen LogP contribution in [0, 0.1) is 0 Å². The van der Waals surface area contributed by atoms with Crippen LogP contribution >= 0.6 is 11.5 Å². The monoisotopic (exact) mass is 232 g/mol. The van der Waals surface area contributed by atoms with E-state index in [0.29, 0.717) is 12.2 Å². The summed E-state index contributed by atoms with van der Waals surface area (Å²) in [6.45, 7) is 0.696. The fourth-order valence-corrected chi connectivity index (χ4v) is 1.94. The average molecular weight is 232 g/mol. The van der Waals surface area contributed by atoms with Crippen LogP contribution in [0.4, 0.5) is 5.82 Å². The van der Waals surface area contributed by atoms with Crippen molar-refractivity contribution in [2.24, 2.45) is 0 Å². The number of anilines is 1. The number of imidazole rings is 1. The highest BCUT2D eigenvalue weighted by Gasteiger charge is 2.04. The molecule has 3 aromatic rings. The molecular formula is C9H8N6S. The van der Waals surface area contributed by atoms with Crippen molar-refractivity contribution in [2.45, 2.75) is 6.54 Å². The molecule has 0 amide bonds. The van der Waals surface area contributed by atoms with Gasteiger partial charge in [0.15, 0.2) is 11.5 Å². The smallest absolute Gasteiger partial charge is 0.182 e. The van der Waals surface area contributed by atoms with Crippen molar-refractivity contribution in [3.8, 4) is 0 Å². The van der Waals surface area contributed by atoms with Gasteiger partial charge in [-0.3, -0.25) is 0 Å². The first-order valence-corrected chi connectivity index (χ1v) is 5.53. The van der Waals surface area contributed by atoms with Gasteiger partial charge in [-0.15, -0.1) is 0 Å². The number of aromatic nitrogens is 5. The van der Waals surface area contributed by atoms with Crippen molar-refractivity contribution in [3.05, 3.63) is 29.8 Å². The highest BCUT2D eigenvalue weighted by molar-refractivity contribution is 7.03. The van der Waals surface area contributed by atoms with E-state index in [1.165, 1.54) is 17.9 Å². The number of hydrogen-bond donors (Lipinski definition) is 2. The van der Waals surface area contributed by atoms with E-state index in [2.05, 4.69) is 29.6 Å². The summed E-state index contributed by atoms with van der Waals surface area (Å²) in [5.41, 5.74) is 2.63. The molecule has 0 aromatic carbocycles. The molecule has 0 atom stereocenters. The Kier molecular flexibility index (Phi) is 2.22. The largest absolute Gasteiger partial charge is 0.364 e. The predicted molar refractivity (Wildman–Crippen MR) is 61.1 cm³/mol. The highest BCUT2D eigenvalue weighted by Crippen LogP contribution is 2.15. The molecule has 6 nitrogen and oxygen atoms in total. The Morgan fingerprint density at radius 2 is 2.31 bits per heavy atom. The van der Waals surface area contributed by atoms with E-state index >= 15 is 0 Å². The van der Waals surface area contributed by atoms with E-state index in [-0.39, 0.29) is 0 Å². The molecule has 0 aliphatic rings. The zero-order valence-corrected chi connectivity index (χ0v) is 9.03. The summed E-state index contributed by atoms with van der Waals surface area (Å²) in [5.74, 6) is 0.758. The van der Waals surface area contributed by atoms with Crippen molar-refractivity contribution < 1.29 is 0 Å². The van der Waals surface area contributed by atoms with Gasteiger partial charge in [0.2, 0.25) is 0 Å². The molecule has 0 radical (unpaired) electrons. The minimum atomic E-state index is 0.668. The van der Waals surface area contributed by atoms with Crippen LogP contribution in [0.15, 0.2) is 24.2 Å². The van der Waals surface area contributed by atoms with Crippen LogP contribution < -0.4 is 5.32 Å². The van der Waals surface area contributed by atoms with Gasteiger partial charge in [0, 0.05) is 23.7 Å². The number of hydrogen-bond acceptors (Lipinski definition) is 6. The molecule has 0 saturated heterocycles. The lowest BCUT2D eigenvalue weighted by molar-refractivity contribution is 1.10. The SMILES string of the molecule is c1nc(NCc2cnsc2)c2[nH]cnc2n1. The van der Waals surface area contributed by atoms with Crippen LogP contribution in [0.3, 0.4) is 0 Å². The van der Waals surface area contributed by atoms with Crippen LogP contribution in [-0.2, 0) is 6.54 Å². The van der Waals surface area contributed by atoms with Gasteiger partial charge < -0.3 is 10.3 Å². The second kappa shape index (κ2) is 3.86. The summed E-state index contributed by atoms with van der Waals surface area (Å²) in [5, 5.41) is 5.22. The summed E-state index contributed by atoms with van der Waals surface area (Å²) in [6.07, 6.45) is 4.94. The lowest BCUT2D eigenvalue weighted by atomic mass is 10.3. The topological polar surface area (TPSA) is 79.4 Å². The Morgan fingerprint density at radius 3 is 3.19 bits per heavy atom. The van der Waals surface area contributed by atoms with E-state index in [1.807, 2.05) is 11.6 Å². The summed E-state index contributed by atoms with van der Waals surface area (Å²) in [4.78, 5) is 15.3. The van der Waals surface area contributed by atoms with Gasteiger partial charge in [-0.25, -0.2) is 19.3 Å². The Hall–Kier alpha value is -2.02. The lowest BCUT2D eigenvalue weighted by Gasteiger charge is -2.03. The van der Waals surface area contributed by atoms with Gasteiger partial charge in [0.25, 0.3) is 0 Å². The van der Waals surface area contributed by atoms with E-state index < -0.39 is 0 Å². The first-order valence-electron chi connectivity index (χ1n) is 4.70. The third kappa shape index (κ3) is 1.61. The van der Waals surface area contributed by atoms with Gasteiger partial charge in [-0.1, -0.05) is 0 Å². The molecule has 0 aliphatic carbocycles. The fraction of sp³-hybridized carbons (Fsp3) is 0.111. The Morgan fingerprint density at radius 1 is 1.31 bits per heavy atom. The van der Waals surface area contributed by atoms with Gasteiger partial charge in [-0.05, 0) is 11.5 Å². The van der Waals surface area contributed by atoms with Crippen molar-refractivity contribution in [1.82, 2.24) is 24.3 Å². The molecule has 2 N–H and O–H groups in total. The van der Waals surface area contributed by atoms with Crippen LogP contribution in [0.2, 0.25) is 0 Å². The fourth-order valence-electron chi connectivity index (χ4n) is 1.40. The maximum absolute atomic E-state index is 4.17. The summed E-state index contributed by atoms with van der Waals surface area (Å²) < 4.78 is 4.04. The maximum Gasteiger partial charge on any atom is 0.182 e. The average Bonchev–Trinajstić information content (AvgIpc) is 2.97. The van der Waals surface area contributed by atoms with Gasteiger partial charge in [-0.2, -0.15) is 0 Å². The molecule has 7 heteroatoms. The van der Waals surface area contributed by atoms with Crippen molar-refractivity contribution in [1.29, 1.82) is 0 Å². The van der Waals surface area contributed by atoms with Crippen LogP contribution in [-0.4, -0.2) is 24.3 Å². The molecule has 0 bridgehead atoms. The quantitative estimate of drug-likeness (QED) is 0.714. The van der Waals surface area contributed by atoms with Gasteiger partial charge in [0.1, 0.15) is 11.8 Å². The molecule has 0 spiro atoms. The number of rotatable bonds is 3. The molecule has 0 aliphatic heterocycles. The third-order valence-corrected chi connectivity index (χ3v) is 2.80. The Bertz CT molecular complexity index is 587. The molecule has 16 heavy (non-hydrogen) atoms. The number of nitrogens with zero attached hydrogens (tertiary/aromatic N) is 4. The van der Waals surface area contributed by atoms with E-state index in [9.17, 15) is 0 Å². The summed E-state index contributed by atoms with van der Waals surface area (Å²) >= 11 is 1.44. The zero-order chi connectivity index (χ0) is 10.8. The van der Waals surface area contributed by atoms with E-state index in [0.717, 1.165) is 16.9 Å². The van der Waals surface area contributed by atoms with E-state index in [4.69, 9.17) is 0 Å². The molecular weight excluding hydrogens is 224 g/mol. The molecule has 3 aromatic heterocycles. The van der Waals surface area contributed by atoms with Crippen molar-refractivity contribution in [3.63, 3.8) is 0 Å². The summed E-state index contributed by atoms with van der Waals surface area (Å²) in [6, 6.07) is 0. The number of fused-ring (bicyclic) bond motifs is 1. The van der Waals surface area contributed by atoms with Crippen LogP contribution in [0.1, 0.15) is 5.56 Å². The number of nitrogens with one attached hydrogen (secondary N) is 2. The van der Waals surface area contributed by atoms with Crippen molar-refractivity contribution in [2.75, 3.05) is 5.32 Å². The first-order chi connectivity index (χ1) is 7.93. The molecule has 80 valence electrons. The van der Waals surface area contributed by atoms with Crippen molar-refractivity contribution >= 4 is 28.5 Å². The minimum Gasteiger partial charge on any atom is -0.364 e.